The van der Waals surface area contributed by atoms with Gasteiger partial charge in [-0.25, -0.2) is 0 Å². The second-order valence-electron chi connectivity index (χ2n) is 9.35. The van der Waals surface area contributed by atoms with Gasteiger partial charge in [-0.1, -0.05) is 103 Å². The molecular formula is C36H25NO2. The average Bonchev–Trinajstić information content (AvgIpc) is 3.33. The molecule has 0 bridgehead atoms. The number of carbonyl (C=O) groups is 2. The highest BCUT2D eigenvalue weighted by molar-refractivity contribution is 6.12. The highest BCUT2D eigenvalue weighted by Crippen LogP contribution is 2.34. The largest absolute Gasteiger partial charge is 0.309 e. The molecule has 0 aliphatic rings. The van der Waals surface area contributed by atoms with Crippen molar-refractivity contribution in [3.8, 4) is 5.69 Å². The fraction of sp³-hybridized carbons (Fsp3) is 0. The highest BCUT2D eigenvalue weighted by Gasteiger charge is 2.13. The van der Waals surface area contributed by atoms with Gasteiger partial charge in [-0.15, -0.1) is 0 Å². The number of ketones is 2. The van der Waals surface area contributed by atoms with E-state index in [1.54, 1.807) is 12.2 Å². The standard InChI is InChI=1S/C36H25NO2/c38-35(28-10-4-1-5-11-28)22-18-26-16-20-33-31(24-26)32-25-27(19-23-36(39)29-12-6-2-7-13-29)17-21-34(32)37(33)30-14-8-3-9-15-30/h1-25H. The molecule has 0 amide bonds. The van der Waals surface area contributed by atoms with Crippen LogP contribution in [0.15, 0.2) is 140 Å². The van der Waals surface area contributed by atoms with E-state index in [4.69, 9.17) is 0 Å². The number of fused-ring (bicyclic) bond motifs is 3. The minimum Gasteiger partial charge on any atom is -0.309 e. The Morgan fingerprint density at radius 2 is 0.897 bits per heavy atom. The van der Waals surface area contributed by atoms with Crippen molar-refractivity contribution in [1.29, 1.82) is 0 Å². The third-order valence-electron chi connectivity index (χ3n) is 6.80. The Labute approximate surface area is 227 Å². The van der Waals surface area contributed by atoms with E-state index in [1.807, 2.05) is 103 Å². The molecule has 0 unspecified atom stereocenters. The number of para-hydroxylation sites is 1. The highest BCUT2D eigenvalue weighted by atomic mass is 16.1. The number of nitrogens with zero attached hydrogens (tertiary/aromatic N) is 1. The summed E-state index contributed by atoms with van der Waals surface area (Å²) in [7, 11) is 0. The van der Waals surface area contributed by atoms with Gasteiger partial charge in [0.15, 0.2) is 11.6 Å². The minimum atomic E-state index is -0.0297. The molecule has 0 spiro atoms. The Balaban J connectivity index is 1.43. The first-order valence-corrected chi connectivity index (χ1v) is 12.9. The van der Waals surface area contributed by atoms with Crippen LogP contribution < -0.4 is 0 Å². The molecule has 0 saturated heterocycles. The fourth-order valence-electron chi connectivity index (χ4n) is 4.86. The number of hydrogen-bond donors (Lipinski definition) is 0. The van der Waals surface area contributed by atoms with Crippen LogP contribution in [0.5, 0.6) is 0 Å². The van der Waals surface area contributed by atoms with Crippen molar-refractivity contribution < 1.29 is 9.59 Å². The summed E-state index contributed by atoms with van der Waals surface area (Å²) in [5.74, 6) is -0.0594. The van der Waals surface area contributed by atoms with E-state index in [9.17, 15) is 9.59 Å². The van der Waals surface area contributed by atoms with E-state index in [0.717, 1.165) is 38.6 Å². The molecule has 39 heavy (non-hydrogen) atoms. The molecule has 3 nitrogen and oxygen atoms in total. The van der Waals surface area contributed by atoms with Crippen molar-refractivity contribution in [2.24, 2.45) is 0 Å². The summed E-state index contributed by atoms with van der Waals surface area (Å²) in [6.07, 6.45) is 6.97. The Bertz CT molecular complexity index is 1740. The second kappa shape index (κ2) is 10.6. The number of rotatable bonds is 7. The smallest absolute Gasteiger partial charge is 0.185 e. The fourth-order valence-corrected chi connectivity index (χ4v) is 4.86. The lowest BCUT2D eigenvalue weighted by Crippen LogP contribution is -1.94. The van der Waals surface area contributed by atoms with Crippen molar-refractivity contribution in [2.75, 3.05) is 0 Å². The Morgan fingerprint density at radius 3 is 1.33 bits per heavy atom. The Hall–Kier alpha value is -5.28. The number of aromatic nitrogens is 1. The number of allylic oxidation sites excluding steroid dienone is 2. The molecule has 0 atom stereocenters. The molecule has 0 fully saturated rings. The van der Waals surface area contributed by atoms with E-state index in [2.05, 4.69) is 41.0 Å². The maximum absolute atomic E-state index is 12.6. The van der Waals surface area contributed by atoms with Gasteiger partial charge >= 0.3 is 0 Å². The summed E-state index contributed by atoms with van der Waals surface area (Å²) in [6.45, 7) is 0. The van der Waals surface area contributed by atoms with Gasteiger partial charge in [-0.3, -0.25) is 9.59 Å². The van der Waals surface area contributed by atoms with Gasteiger partial charge in [0, 0.05) is 27.6 Å². The molecule has 0 saturated carbocycles. The van der Waals surface area contributed by atoms with Gasteiger partial charge in [-0.2, -0.15) is 0 Å². The van der Waals surface area contributed by atoms with Crippen LogP contribution in [-0.2, 0) is 0 Å². The number of benzene rings is 5. The van der Waals surface area contributed by atoms with Crippen molar-refractivity contribution in [2.45, 2.75) is 0 Å². The molecule has 6 rings (SSSR count). The van der Waals surface area contributed by atoms with Crippen LogP contribution in [0.2, 0.25) is 0 Å². The first kappa shape index (κ1) is 24.1. The molecule has 0 aliphatic heterocycles. The molecule has 0 aliphatic carbocycles. The third-order valence-corrected chi connectivity index (χ3v) is 6.80. The summed E-state index contributed by atoms with van der Waals surface area (Å²) in [6, 6.07) is 41.3. The van der Waals surface area contributed by atoms with Crippen LogP contribution in [0, 0.1) is 0 Å². The molecule has 186 valence electrons. The van der Waals surface area contributed by atoms with E-state index >= 15 is 0 Å². The zero-order valence-electron chi connectivity index (χ0n) is 21.2. The predicted octanol–water partition coefficient (Wildman–Crippen LogP) is 8.58. The van der Waals surface area contributed by atoms with E-state index < -0.39 is 0 Å². The molecule has 3 heteroatoms. The van der Waals surface area contributed by atoms with Gasteiger partial charge in [0.05, 0.1) is 11.0 Å². The monoisotopic (exact) mass is 503 g/mol. The summed E-state index contributed by atoms with van der Waals surface area (Å²) in [4.78, 5) is 25.3. The molecule has 5 aromatic carbocycles. The van der Waals surface area contributed by atoms with Gasteiger partial charge in [-0.05, 0) is 59.7 Å². The van der Waals surface area contributed by atoms with Gasteiger partial charge < -0.3 is 4.57 Å². The van der Waals surface area contributed by atoms with Crippen LogP contribution in [0.1, 0.15) is 31.8 Å². The lowest BCUT2D eigenvalue weighted by Gasteiger charge is -2.07. The maximum Gasteiger partial charge on any atom is 0.185 e. The zero-order valence-corrected chi connectivity index (χ0v) is 21.2. The molecule has 0 radical (unpaired) electrons. The lowest BCUT2D eigenvalue weighted by atomic mass is 10.0. The molecule has 0 N–H and O–H groups in total. The van der Waals surface area contributed by atoms with Gasteiger partial charge in [0.1, 0.15) is 0 Å². The van der Waals surface area contributed by atoms with Crippen molar-refractivity contribution in [3.05, 3.63) is 162 Å². The van der Waals surface area contributed by atoms with Crippen LogP contribution in [-0.4, -0.2) is 16.1 Å². The van der Waals surface area contributed by atoms with Gasteiger partial charge in [0.25, 0.3) is 0 Å². The second-order valence-corrected chi connectivity index (χ2v) is 9.35. The van der Waals surface area contributed by atoms with E-state index in [-0.39, 0.29) is 11.6 Å². The van der Waals surface area contributed by atoms with E-state index in [0.29, 0.717) is 11.1 Å². The normalized spacial score (nSPS) is 11.6. The Kier molecular flexibility index (Phi) is 6.55. The first-order valence-electron chi connectivity index (χ1n) is 12.9. The summed E-state index contributed by atoms with van der Waals surface area (Å²) < 4.78 is 2.25. The maximum atomic E-state index is 12.6. The SMILES string of the molecule is O=C(C=Cc1ccc2c(c1)c1cc(C=CC(=O)c3ccccc3)ccc1n2-c1ccccc1)c1ccccc1. The van der Waals surface area contributed by atoms with Crippen LogP contribution in [0.25, 0.3) is 39.6 Å². The molecular weight excluding hydrogens is 478 g/mol. The summed E-state index contributed by atoms with van der Waals surface area (Å²) in [5, 5.41) is 2.15. The summed E-state index contributed by atoms with van der Waals surface area (Å²) in [5.41, 5.74) is 6.43. The lowest BCUT2D eigenvalue weighted by molar-refractivity contribution is 0.103. The predicted molar refractivity (Wildman–Crippen MR) is 160 cm³/mol. The average molecular weight is 504 g/mol. The van der Waals surface area contributed by atoms with Crippen molar-refractivity contribution in [3.63, 3.8) is 0 Å². The molecule has 6 aromatic rings. The topological polar surface area (TPSA) is 39.1 Å². The third kappa shape index (κ3) is 4.98. The number of hydrogen-bond acceptors (Lipinski definition) is 2. The molecule has 1 heterocycles. The Morgan fingerprint density at radius 1 is 0.487 bits per heavy atom. The zero-order chi connectivity index (χ0) is 26.6. The van der Waals surface area contributed by atoms with Gasteiger partial charge in [0.2, 0.25) is 0 Å². The minimum absolute atomic E-state index is 0.0297. The number of carbonyl (C=O) groups excluding carboxylic acids is 2. The molecule has 1 aromatic heterocycles. The quantitative estimate of drug-likeness (QED) is 0.162. The van der Waals surface area contributed by atoms with Crippen molar-refractivity contribution >= 4 is 45.5 Å². The van der Waals surface area contributed by atoms with Crippen LogP contribution in [0.3, 0.4) is 0 Å². The van der Waals surface area contributed by atoms with E-state index in [1.165, 1.54) is 0 Å². The van der Waals surface area contributed by atoms with Crippen LogP contribution >= 0.6 is 0 Å². The summed E-state index contributed by atoms with van der Waals surface area (Å²) >= 11 is 0. The first-order chi connectivity index (χ1) is 19.2. The van der Waals surface area contributed by atoms with Crippen LogP contribution in [0.4, 0.5) is 0 Å². The van der Waals surface area contributed by atoms with Crippen molar-refractivity contribution in [1.82, 2.24) is 4.57 Å².